The molecule has 0 unspecified atom stereocenters. The molecule has 0 atom stereocenters. The van der Waals surface area contributed by atoms with Crippen molar-refractivity contribution in [2.75, 3.05) is 39.6 Å². The first-order chi connectivity index (χ1) is 16.1. The van der Waals surface area contributed by atoms with Crippen molar-refractivity contribution >= 4 is 29.0 Å². The lowest BCUT2D eigenvalue weighted by Gasteiger charge is -2.28. The molecular weight excluding hydrogens is 459 g/mol. The number of benzene rings is 1. The first-order valence-electron chi connectivity index (χ1n) is 10.6. The number of ether oxygens (including phenoxy) is 1. The molecule has 8 nitrogen and oxygen atoms in total. The van der Waals surface area contributed by atoms with E-state index >= 15 is 0 Å². The van der Waals surface area contributed by atoms with Gasteiger partial charge in [-0.1, -0.05) is 25.4 Å². The average molecular weight is 487 g/mol. The van der Waals surface area contributed by atoms with Gasteiger partial charge in [0, 0.05) is 30.5 Å². The highest BCUT2D eigenvalue weighted by atomic mass is 35.5. The minimum Gasteiger partial charge on any atom is -0.491 e. The predicted molar refractivity (Wildman–Crippen MR) is 131 cm³/mol. The number of carbonyl (C=O) groups is 1. The lowest BCUT2D eigenvalue weighted by molar-refractivity contribution is 0.0929. The van der Waals surface area contributed by atoms with Crippen LogP contribution < -0.4 is 15.4 Å². The summed E-state index contributed by atoms with van der Waals surface area (Å²) >= 11 is 6.02. The largest absolute Gasteiger partial charge is 0.491 e. The number of nitrogens with zero attached hydrogens (tertiary/aromatic N) is 4. The van der Waals surface area contributed by atoms with E-state index in [9.17, 15) is 9.18 Å². The molecule has 0 fully saturated rings. The van der Waals surface area contributed by atoms with Crippen molar-refractivity contribution in [2.24, 2.45) is 5.41 Å². The number of pyridine rings is 1. The van der Waals surface area contributed by atoms with Crippen molar-refractivity contribution < 1.29 is 13.9 Å². The van der Waals surface area contributed by atoms with E-state index in [4.69, 9.17) is 16.3 Å². The van der Waals surface area contributed by atoms with E-state index in [2.05, 4.69) is 44.3 Å². The first kappa shape index (κ1) is 25.3. The van der Waals surface area contributed by atoms with Crippen LogP contribution in [0.5, 0.6) is 5.75 Å². The third kappa shape index (κ3) is 6.39. The van der Waals surface area contributed by atoms with Gasteiger partial charge in [0.25, 0.3) is 5.91 Å². The van der Waals surface area contributed by atoms with Gasteiger partial charge < -0.3 is 20.3 Å². The highest BCUT2D eigenvalue weighted by Gasteiger charge is 2.22. The highest BCUT2D eigenvalue weighted by molar-refractivity contribution is 6.30. The first-order valence-corrected chi connectivity index (χ1v) is 11.0. The topological polar surface area (TPSA) is 92.3 Å². The smallest absolute Gasteiger partial charge is 0.254 e. The second kappa shape index (κ2) is 10.8. The summed E-state index contributed by atoms with van der Waals surface area (Å²) in [5.41, 5.74) is 0.821. The zero-order valence-electron chi connectivity index (χ0n) is 19.8. The molecule has 3 rings (SSSR count). The van der Waals surface area contributed by atoms with Crippen molar-refractivity contribution in [3.8, 4) is 17.1 Å². The van der Waals surface area contributed by atoms with Crippen molar-refractivity contribution in [2.45, 2.75) is 13.8 Å². The number of halogens is 2. The van der Waals surface area contributed by atoms with Crippen LogP contribution in [0.25, 0.3) is 11.4 Å². The molecule has 0 saturated heterocycles. The van der Waals surface area contributed by atoms with Crippen molar-refractivity contribution in [3.05, 3.63) is 59.3 Å². The average Bonchev–Trinajstić information content (AvgIpc) is 2.78. The second-order valence-corrected chi connectivity index (χ2v) is 9.30. The molecule has 2 heterocycles. The van der Waals surface area contributed by atoms with Crippen LogP contribution in [0.1, 0.15) is 24.2 Å². The van der Waals surface area contributed by atoms with Gasteiger partial charge in [0.1, 0.15) is 5.82 Å². The minimum absolute atomic E-state index is 0.119. The fourth-order valence-electron chi connectivity index (χ4n) is 3.55. The summed E-state index contributed by atoms with van der Waals surface area (Å²) < 4.78 is 19.7. The fraction of sp³-hybridized carbons (Fsp3) is 0.333. The van der Waals surface area contributed by atoms with E-state index in [1.54, 1.807) is 12.3 Å². The lowest BCUT2D eigenvalue weighted by Crippen LogP contribution is -2.40. The molecule has 0 aliphatic heterocycles. The van der Waals surface area contributed by atoms with Gasteiger partial charge in [0.2, 0.25) is 0 Å². The quantitative estimate of drug-likeness (QED) is 0.463. The molecule has 2 aromatic heterocycles. The van der Waals surface area contributed by atoms with Gasteiger partial charge in [-0.2, -0.15) is 0 Å². The van der Waals surface area contributed by atoms with E-state index in [1.807, 2.05) is 14.1 Å². The molecule has 1 amide bonds. The summed E-state index contributed by atoms with van der Waals surface area (Å²) in [6, 6.07) is 5.80. The van der Waals surface area contributed by atoms with Crippen LogP contribution in [0.3, 0.4) is 0 Å². The van der Waals surface area contributed by atoms with Crippen LogP contribution in [0.15, 0.2) is 42.9 Å². The van der Waals surface area contributed by atoms with Crippen LogP contribution in [-0.4, -0.2) is 60.1 Å². The summed E-state index contributed by atoms with van der Waals surface area (Å²) in [5, 5.41) is 6.44. The third-order valence-electron chi connectivity index (χ3n) is 4.93. The molecule has 10 heteroatoms. The molecule has 1 aromatic carbocycles. The summed E-state index contributed by atoms with van der Waals surface area (Å²) in [6.45, 7) is 5.45. The fourth-order valence-corrected chi connectivity index (χ4v) is 3.72. The molecule has 0 spiro atoms. The van der Waals surface area contributed by atoms with E-state index in [-0.39, 0.29) is 28.5 Å². The number of methoxy groups -OCH3 is 1. The maximum absolute atomic E-state index is 14.4. The lowest BCUT2D eigenvalue weighted by atomic mass is 9.93. The molecule has 0 bridgehead atoms. The number of carbonyl (C=O) groups excluding carboxylic acids is 1. The molecule has 180 valence electrons. The monoisotopic (exact) mass is 486 g/mol. The normalized spacial score (nSPS) is 11.4. The van der Waals surface area contributed by atoms with Crippen LogP contribution >= 0.6 is 11.6 Å². The maximum Gasteiger partial charge on any atom is 0.254 e. The summed E-state index contributed by atoms with van der Waals surface area (Å²) in [6.07, 6.45) is 4.46. The van der Waals surface area contributed by atoms with E-state index in [1.165, 1.54) is 37.7 Å². The maximum atomic E-state index is 14.4. The SMILES string of the molecule is COc1cnc(-c2cc(Cl)ccc2F)nc1Nc1ccncc1C(=O)NCC(C)(C)CN(C)C. The molecule has 0 saturated carbocycles. The van der Waals surface area contributed by atoms with Crippen LogP contribution in [0.2, 0.25) is 5.02 Å². The molecule has 2 N–H and O–H groups in total. The van der Waals surface area contributed by atoms with Gasteiger partial charge in [-0.25, -0.2) is 14.4 Å². The zero-order valence-corrected chi connectivity index (χ0v) is 20.6. The minimum atomic E-state index is -0.509. The number of nitrogens with one attached hydrogen (secondary N) is 2. The predicted octanol–water partition coefficient (Wildman–Crippen LogP) is 4.40. The summed E-state index contributed by atoms with van der Waals surface area (Å²) in [5.74, 6) is -0.0864. The Kier molecular flexibility index (Phi) is 8.01. The standard InChI is InChI=1S/C24H28ClFN6O2/c1-24(2,14-32(3)4)13-29-23(33)17-11-27-9-8-19(17)30-22-20(34-5)12-28-21(31-22)16-10-15(25)6-7-18(16)26/h6-12H,13-14H2,1-5H3,(H,29,33)(H,27,28,30,31). The van der Waals surface area contributed by atoms with Gasteiger partial charge in [-0.05, 0) is 43.8 Å². The van der Waals surface area contributed by atoms with Crippen molar-refractivity contribution in [1.29, 1.82) is 0 Å². The molecule has 0 radical (unpaired) electrons. The second-order valence-electron chi connectivity index (χ2n) is 8.87. The number of amides is 1. The van der Waals surface area contributed by atoms with Crippen LogP contribution in [0.4, 0.5) is 15.9 Å². The van der Waals surface area contributed by atoms with Crippen LogP contribution in [0, 0.1) is 11.2 Å². The number of anilines is 2. The van der Waals surface area contributed by atoms with E-state index < -0.39 is 5.82 Å². The van der Waals surface area contributed by atoms with Gasteiger partial charge in [-0.3, -0.25) is 9.78 Å². The Morgan fingerprint density at radius 2 is 2.00 bits per heavy atom. The van der Waals surface area contributed by atoms with Gasteiger partial charge in [0.15, 0.2) is 17.4 Å². The van der Waals surface area contributed by atoms with E-state index in [0.29, 0.717) is 28.6 Å². The summed E-state index contributed by atoms with van der Waals surface area (Å²) in [4.78, 5) is 27.8. The van der Waals surface area contributed by atoms with E-state index in [0.717, 1.165) is 6.54 Å². The van der Waals surface area contributed by atoms with Crippen LogP contribution in [-0.2, 0) is 0 Å². The highest BCUT2D eigenvalue weighted by Crippen LogP contribution is 2.30. The molecule has 3 aromatic rings. The Morgan fingerprint density at radius 1 is 1.24 bits per heavy atom. The molecule has 34 heavy (non-hydrogen) atoms. The Labute approximate surface area is 203 Å². The Balaban J connectivity index is 1.89. The summed E-state index contributed by atoms with van der Waals surface area (Å²) in [7, 11) is 5.45. The third-order valence-corrected chi connectivity index (χ3v) is 5.17. The van der Waals surface area contributed by atoms with Gasteiger partial charge in [-0.15, -0.1) is 0 Å². The molecular formula is C24H28ClFN6O2. The Morgan fingerprint density at radius 3 is 2.71 bits per heavy atom. The number of hydrogen-bond donors (Lipinski definition) is 2. The Bertz CT molecular complexity index is 1170. The van der Waals surface area contributed by atoms with Crippen molar-refractivity contribution in [3.63, 3.8) is 0 Å². The number of hydrogen-bond acceptors (Lipinski definition) is 7. The molecule has 0 aliphatic carbocycles. The number of rotatable bonds is 9. The van der Waals surface area contributed by atoms with Crippen molar-refractivity contribution in [1.82, 2.24) is 25.2 Å². The number of aromatic nitrogens is 3. The Hall–Kier alpha value is -3.30. The van der Waals surface area contributed by atoms with Gasteiger partial charge >= 0.3 is 0 Å². The molecule has 0 aliphatic rings. The van der Waals surface area contributed by atoms with Gasteiger partial charge in [0.05, 0.1) is 30.1 Å². The zero-order chi connectivity index (χ0) is 24.9.